The van der Waals surface area contributed by atoms with E-state index >= 15 is 0 Å². The maximum absolute atomic E-state index is 13.7. The fraction of sp³-hybridized carbons (Fsp3) is 0.0870. The molecule has 0 fully saturated rings. The highest BCUT2D eigenvalue weighted by molar-refractivity contribution is 7.98. The van der Waals surface area contributed by atoms with Gasteiger partial charge >= 0.3 is 0 Å². The van der Waals surface area contributed by atoms with Gasteiger partial charge in [-0.25, -0.2) is 18.2 Å². The largest absolute Gasteiger partial charge is 0.343 e. The number of para-hydroxylation sites is 2. The molecule has 6 nitrogen and oxygen atoms in total. The van der Waals surface area contributed by atoms with Crippen LogP contribution in [-0.2, 0) is 10.5 Å². The Bertz CT molecular complexity index is 1310. The summed E-state index contributed by atoms with van der Waals surface area (Å²) in [5.41, 5.74) is 2.33. The van der Waals surface area contributed by atoms with E-state index in [-0.39, 0.29) is 0 Å². The minimum Gasteiger partial charge on any atom is -0.343 e. The lowest BCUT2D eigenvalue weighted by atomic mass is 10.1. The molecule has 0 bridgehead atoms. The lowest BCUT2D eigenvalue weighted by molar-refractivity contribution is -0.115. The Morgan fingerprint density at radius 1 is 0.939 bits per heavy atom. The van der Waals surface area contributed by atoms with Gasteiger partial charge in [-0.2, -0.15) is 0 Å². The highest BCUT2D eigenvalue weighted by atomic mass is 32.2. The van der Waals surface area contributed by atoms with Crippen molar-refractivity contribution in [3.8, 4) is 0 Å². The number of aromatic amines is 1. The van der Waals surface area contributed by atoms with Gasteiger partial charge in [0.2, 0.25) is 5.91 Å². The number of halogens is 3. The number of aromatic nitrogens is 2. The minimum absolute atomic E-state index is 0.368. The molecule has 0 aliphatic carbocycles. The Labute approximate surface area is 190 Å². The first-order valence-electron chi connectivity index (χ1n) is 9.79. The van der Waals surface area contributed by atoms with Crippen molar-refractivity contribution in [2.24, 2.45) is 0 Å². The monoisotopic (exact) mass is 470 g/mol. The summed E-state index contributed by atoms with van der Waals surface area (Å²) in [5.74, 6) is -5.40. The van der Waals surface area contributed by atoms with Crippen molar-refractivity contribution in [3.63, 3.8) is 0 Å². The lowest BCUT2D eigenvalue weighted by Gasteiger charge is -2.11. The molecule has 33 heavy (non-hydrogen) atoms. The van der Waals surface area contributed by atoms with Gasteiger partial charge in [0, 0.05) is 11.3 Å². The Morgan fingerprint density at radius 3 is 2.52 bits per heavy atom. The summed E-state index contributed by atoms with van der Waals surface area (Å²) < 4.78 is 40.0. The molecule has 3 N–H and O–H groups in total. The Balaban J connectivity index is 1.37. The third-order valence-electron chi connectivity index (χ3n) is 4.71. The molecule has 0 unspecified atom stereocenters. The molecular formula is C23H17F3N4O2S. The number of imidazole rings is 1. The van der Waals surface area contributed by atoms with E-state index in [1.54, 1.807) is 24.3 Å². The Kier molecular flexibility index (Phi) is 6.64. The van der Waals surface area contributed by atoms with Gasteiger partial charge in [-0.15, -0.1) is 0 Å². The number of fused-ring (bicyclic) bond motifs is 1. The van der Waals surface area contributed by atoms with Gasteiger partial charge < -0.3 is 15.6 Å². The molecule has 10 heteroatoms. The zero-order chi connectivity index (χ0) is 23.4. The average Bonchev–Trinajstić information content (AvgIpc) is 3.25. The van der Waals surface area contributed by atoms with Crippen LogP contribution >= 0.6 is 11.8 Å². The van der Waals surface area contributed by atoms with E-state index in [2.05, 4.69) is 20.6 Å². The minimum atomic E-state index is -1.69. The molecule has 1 heterocycles. The molecule has 4 rings (SSSR count). The van der Waals surface area contributed by atoms with Crippen LogP contribution in [0.1, 0.15) is 15.9 Å². The van der Waals surface area contributed by atoms with E-state index in [1.807, 2.05) is 24.3 Å². The van der Waals surface area contributed by atoms with Gasteiger partial charge in [0.05, 0.1) is 23.3 Å². The summed E-state index contributed by atoms with van der Waals surface area (Å²) in [5, 5.41) is 5.27. The number of hydrogen-bond acceptors (Lipinski definition) is 4. The summed E-state index contributed by atoms with van der Waals surface area (Å²) in [6, 6.07) is 16.1. The predicted molar refractivity (Wildman–Crippen MR) is 119 cm³/mol. The van der Waals surface area contributed by atoms with E-state index < -0.39 is 41.5 Å². The zero-order valence-electron chi connectivity index (χ0n) is 17.0. The second kappa shape index (κ2) is 9.78. The van der Waals surface area contributed by atoms with E-state index in [1.165, 1.54) is 11.8 Å². The van der Waals surface area contributed by atoms with Crippen molar-refractivity contribution in [2.75, 3.05) is 11.9 Å². The third kappa shape index (κ3) is 5.17. The molecule has 168 valence electrons. The highest BCUT2D eigenvalue weighted by Crippen LogP contribution is 2.24. The van der Waals surface area contributed by atoms with Crippen LogP contribution in [-0.4, -0.2) is 28.3 Å². The number of anilines is 1. The third-order valence-corrected chi connectivity index (χ3v) is 5.63. The number of amides is 2. The number of rotatable bonds is 7. The Hall–Kier alpha value is -3.79. The molecule has 1 aromatic heterocycles. The highest BCUT2D eigenvalue weighted by Gasteiger charge is 2.17. The molecule has 0 radical (unpaired) electrons. The number of thioether (sulfide) groups is 1. The van der Waals surface area contributed by atoms with Crippen LogP contribution in [0.5, 0.6) is 0 Å². The maximum atomic E-state index is 13.7. The molecule has 0 spiro atoms. The molecule has 4 aromatic rings. The first kappa shape index (κ1) is 22.4. The summed E-state index contributed by atoms with van der Waals surface area (Å²) in [6.07, 6.45) is 0. The number of H-pyrrole nitrogens is 1. The zero-order valence-corrected chi connectivity index (χ0v) is 17.8. The number of benzene rings is 3. The van der Waals surface area contributed by atoms with Crippen molar-refractivity contribution in [2.45, 2.75) is 10.9 Å². The van der Waals surface area contributed by atoms with Crippen LogP contribution in [0, 0.1) is 17.5 Å². The van der Waals surface area contributed by atoms with E-state index in [4.69, 9.17) is 0 Å². The molecule has 0 saturated heterocycles. The van der Waals surface area contributed by atoms with Crippen LogP contribution in [0.25, 0.3) is 11.0 Å². The van der Waals surface area contributed by atoms with Gasteiger partial charge in [-0.3, -0.25) is 9.59 Å². The lowest BCUT2D eigenvalue weighted by Crippen LogP contribution is -2.33. The number of hydrogen-bond donors (Lipinski definition) is 3. The van der Waals surface area contributed by atoms with Gasteiger partial charge in [-0.05, 0) is 35.9 Å². The van der Waals surface area contributed by atoms with Crippen molar-refractivity contribution >= 4 is 40.3 Å². The van der Waals surface area contributed by atoms with Crippen LogP contribution in [0.3, 0.4) is 0 Å². The first-order valence-corrected chi connectivity index (χ1v) is 10.8. The number of carbonyl (C=O) groups excluding carboxylic acids is 2. The van der Waals surface area contributed by atoms with Crippen molar-refractivity contribution < 1.29 is 22.8 Å². The average molecular weight is 470 g/mol. The summed E-state index contributed by atoms with van der Waals surface area (Å²) in [7, 11) is 0. The van der Waals surface area contributed by atoms with Crippen molar-refractivity contribution in [1.29, 1.82) is 0 Å². The van der Waals surface area contributed by atoms with Crippen LogP contribution < -0.4 is 10.6 Å². The Morgan fingerprint density at radius 2 is 1.70 bits per heavy atom. The molecule has 0 aliphatic heterocycles. The summed E-state index contributed by atoms with van der Waals surface area (Å²) in [4.78, 5) is 32.4. The number of nitrogens with zero attached hydrogens (tertiary/aromatic N) is 1. The number of carbonyl (C=O) groups is 2. The molecule has 0 atom stereocenters. The smallest absolute Gasteiger partial charge is 0.252 e. The van der Waals surface area contributed by atoms with E-state index in [9.17, 15) is 22.8 Å². The first-order chi connectivity index (χ1) is 15.9. The molecule has 2 amide bonds. The topological polar surface area (TPSA) is 86.9 Å². The summed E-state index contributed by atoms with van der Waals surface area (Å²) >= 11 is 1.43. The van der Waals surface area contributed by atoms with Gasteiger partial charge in [0.1, 0.15) is 0 Å². The van der Waals surface area contributed by atoms with Gasteiger partial charge in [0.25, 0.3) is 5.91 Å². The summed E-state index contributed by atoms with van der Waals surface area (Å²) in [6.45, 7) is -0.484. The molecular weight excluding hydrogens is 453 g/mol. The van der Waals surface area contributed by atoms with Crippen LogP contribution in [0.15, 0.2) is 65.8 Å². The molecule has 0 saturated carbocycles. The SMILES string of the molecule is O=C(CNC(=O)c1ccccc1CSc1nc2ccccc2[nH]1)Nc1ccc(F)c(F)c1F. The normalized spacial score (nSPS) is 10.9. The fourth-order valence-corrected chi connectivity index (χ4v) is 3.97. The molecule has 3 aromatic carbocycles. The fourth-order valence-electron chi connectivity index (χ4n) is 3.08. The van der Waals surface area contributed by atoms with Crippen molar-refractivity contribution in [3.05, 3.63) is 89.2 Å². The van der Waals surface area contributed by atoms with E-state index in [0.717, 1.165) is 22.7 Å². The predicted octanol–water partition coefficient (Wildman–Crippen LogP) is 4.64. The van der Waals surface area contributed by atoms with Crippen LogP contribution in [0.4, 0.5) is 18.9 Å². The van der Waals surface area contributed by atoms with Gasteiger partial charge in [-0.1, -0.05) is 42.1 Å². The quantitative estimate of drug-likeness (QED) is 0.271. The van der Waals surface area contributed by atoms with E-state index in [0.29, 0.717) is 22.5 Å². The second-order valence-corrected chi connectivity index (χ2v) is 7.92. The maximum Gasteiger partial charge on any atom is 0.252 e. The van der Waals surface area contributed by atoms with Gasteiger partial charge in [0.15, 0.2) is 22.6 Å². The van der Waals surface area contributed by atoms with Crippen molar-refractivity contribution in [1.82, 2.24) is 15.3 Å². The molecule has 0 aliphatic rings. The van der Waals surface area contributed by atoms with Crippen LogP contribution in [0.2, 0.25) is 0 Å². The standard InChI is InChI=1S/C23H17F3N4O2S/c24-15-9-10-18(21(26)20(15)25)28-19(31)11-27-22(32)14-6-2-1-5-13(14)12-33-23-29-16-7-3-4-8-17(16)30-23/h1-10H,11-12H2,(H,27,32)(H,28,31)(H,29,30). The number of nitrogens with one attached hydrogen (secondary N) is 3. The second-order valence-electron chi connectivity index (χ2n) is 6.96.